The Hall–Kier alpha value is -1.26. The molecule has 1 fully saturated rings. The summed E-state index contributed by atoms with van der Waals surface area (Å²) in [5, 5.41) is 2.64. The van der Waals surface area contributed by atoms with E-state index in [0.29, 0.717) is 6.42 Å². The second-order valence-electron chi connectivity index (χ2n) is 5.40. The van der Waals surface area contributed by atoms with E-state index in [-0.39, 0.29) is 5.92 Å². The zero-order valence-electron chi connectivity index (χ0n) is 11.1. The van der Waals surface area contributed by atoms with Crippen molar-refractivity contribution in [1.82, 2.24) is 5.32 Å². The van der Waals surface area contributed by atoms with Gasteiger partial charge < -0.3 is 14.8 Å². The number of nitrogens with one attached hydrogen (secondary N) is 1. The van der Waals surface area contributed by atoms with E-state index in [0.717, 1.165) is 6.42 Å². The molecule has 17 heavy (non-hydrogen) atoms. The molecule has 1 rings (SSSR count). The first-order valence-corrected chi connectivity index (χ1v) is 5.84. The molecular formula is C12H21NO4. The second-order valence-corrected chi connectivity index (χ2v) is 5.40. The Morgan fingerprint density at radius 3 is 2.35 bits per heavy atom. The molecule has 0 saturated heterocycles. The molecule has 0 heterocycles. The smallest absolute Gasteiger partial charge is 0.408 e. The van der Waals surface area contributed by atoms with Gasteiger partial charge in [-0.1, -0.05) is 13.3 Å². The van der Waals surface area contributed by atoms with Gasteiger partial charge in [0.1, 0.15) is 11.1 Å². The number of hydrogen-bond donors (Lipinski definition) is 1. The molecule has 1 N–H and O–H groups in total. The molecule has 0 aliphatic heterocycles. The first-order chi connectivity index (χ1) is 7.75. The molecule has 98 valence electrons. The Morgan fingerprint density at radius 1 is 1.41 bits per heavy atom. The van der Waals surface area contributed by atoms with E-state index in [1.807, 2.05) is 6.92 Å². The van der Waals surface area contributed by atoms with Gasteiger partial charge in [-0.15, -0.1) is 0 Å². The van der Waals surface area contributed by atoms with Gasteiger partial charge in [-0.25, -0.2) is 9.59 Å². The van der Waals surface area contributed by atoms with Crippen LogP contribution in [0, 0.1) is 5.92 Å². The van der Waals surface area contributed by atoms with Crippen LogP contribution < -0.4 is 5.32 Å². The first-order valence-electron chi connectivity index (χ1n) is 5.84. The van der Waals surface area contributed by atoms with E-state index in [1.54, 1.807) is 20.8 Å². The molecule has 1 amide bonds. The van der Waals surface area contributed by atoms with Crippen LogP contribution in [0.15, 0.2) is 0 Å². The zero-order valence-corrected chi connectivity index (χ0v) is 11.1. The van der Waals surface area contributed by atoms with E-state index >= 15 is 0 Å². The molecule has 0 aromatic heterocycles. The van der Waals surface area contributed by atoms with Crippen LogP contribution in [-0.4, -0.2) is 30.3 Å². The van der Waals surface area contributed by atoms with Gasteiger partial charge in [-0.05, 0) is 33.1 Å². The molecule has 0 aromatic rings. The quantitative estimate of drug-likeness (QED) is 0.768. The lowest BCUT2D eigenvalue weighted by Crippen LogP contribution is -2.47. The van der Waals surface area contributed by atoms with Gasteiger partial charge in [-0.2, -0.15) is 0 Å². The number of esters is 1. The maximum atomic E-state index is 11.7. The molecule has 5 heteroatoms. The van der Waals surface area contributed by atoms with Gasteiger partial charge in [0.15, 0.2) is 0 Å². The Bertz CT molecular complexity index is 321. The summed E-state index contributed by atoms with van der Waals surface area (Å²) in [6, 6.07) is 0. The summed E-state index contributed by atoms with van der Waals surface area (Å²) in [5.41, 5.74) is -1.44. The van der Waals surface area contributed by atoms with Crippen molar-refractivity contribution < 1.29 is 19.1 Å². The first kappa shape index (κ1) is 13.8. The molecule has 0 aromatic carbocycles. The fourth-order valence-electron chi connectivity index (χ4n) is 1.94. The average Bonchev–Trinajstić information content (AvgIpc) is 2.88. The van der Waals surface area contributed by atoms with Crippen LogP contribution in [0.5, 0.6) is 0 Å². The Morgan fingerprint density at radius 2 is 2.00 bits per heavy atom. The maximum Gasteiger partial charge on any atom is 0.408 e. The highest BCUT2D eigenvalue weighted by molar-refractivity contribution is 5.89. The molecule has 2 atom stereocenters. The topological polar surface area (TPSA) is 64.6 Å². The van der Waals surface area contributed by atoms with Crippen molar-refractivity contribution in [3.8, 4) is 0 Å². The largest absolute Gasteiger partial charge is 0.467 e. The lowest BCUT2D eigenvalue weighted by atomic mass is 10.1. The summed E-state index contributed by atoms with van der Waals surface area (Å²) in [4.78, 5) is 23.3. The van der Waals surface area contributed by atoms with Gasteiger partial charge in [0, 0.05) is 0 Å². The number of carbonyl (C=O) groups excluding carboxylic acids is 2. The van der Waals surface area contributed by atoms with Crippen molar-refractivity contribution in [1.29, 1.82) is 0 Å². The minimum absolute atomic E-state index is 0.141. The van der Waals surface area contributed by atoms with Crippen LogP contribution >= 0.6 is 0 Å². The number of rotatable bonds is 3. The lowest BCUT2D eigenvalue weighted by Gasteiger charge is -2.23. The number of hydrogen-bond acceptors (Lipinski definition) is 4. The van der Waals surface area contributed by atoms with E-state index in [9.17, 15) is 9.59 Å². The fraction of sp³-hybridized carbons (Fsp3) is 0.833. The molecule has 1 saturated carbocycles. The van der Waals surface area contributed by atoms with Crippen LogP contribution in [0.2, 0.25) is 0 Å². The van der Waals surface area contributed by atoms with Crippen molar-refractivity contribution in [2.24, 2.45) is 5.92 Å². The van der Waals surface area contributed by atoms with Crippen LogP contribution in [-0.2, 0) is 14.3 Å². The highest BCUT2D eigenvalue weighted by Gasteiger charge is 2.61. The molecule has 0 bridgehead atoms. The third-order valence-electron chi connectivity index (χ3n) is 2.87. The van der Waals surface area contributed by atoms with E-state index in [4.69, 9.17) is 9.47 Å². The molecule has 0 spiro atoms. The number of methoxy groups -OCH3 is 1. The normalized spacial score (nSPS) is 27.2. The van der Waals surface area contributed by atoms with Crippen LogP contribution in [0.3, 0.4) is 0 Å². The summed E-state index contributed by atoms with van der Waals surface area (Å²) in [6.45, 7) is 7.32. The maximum absolute atomic E-state index is 11.7. The lowest BCUT2D eigenvalue weighted by molar-refractivity contribution is -0.144. The summed E-state index contributed by atoms with van der Waals surface area (Å²) in [7, 11) is 1.33. The Kier molecular flexibility index (Phi) is 3.69. The summed E-state index contributed by atoms with van der Waals surface area (Å²) < 4.78 is 9.87. The summed E-state index contributed by atoms with van der Waals surface area (Å²) in [5.74, 6) is -0.252. The van der Waals surface area contributed by atoms with E-state index in [2.05, 4.69) is 5.32 Å². The average molecular weight is 243 g/mol. The second kappa shape index (κ2) is 4.55. The van der Waals surface area contributed by atoms with Crippen molar-refractivity contribution >= 4 is 12.1 Å². The highest BCUT2D eigenvalue weighted by atomic mass is 16.6. The standard InChI is InChI=1S/C12H21NO4/c1-6-8-7-12(8,9(14)16-5)13-10(15)17-11(2,3)4/h8H,6-7H2,1-5H3,(H,13,15)/t8-,12+/m0/s1. The van der Waals surface area contributed by atoms with Crippen molar-refractivity contribution in [3.63, 3.8) is 0 Å². The van der Waals surface area contributed by atoms with Crippen LogP contribution in [0.25, 0.3) is 0 Å². The number of alkyl carbamates (subject to hydrolysis) is 1. The van der Waals surface area contributed by atoms with Gasteiger partial charge in [-0.3, -0.25) is 0 Å². The van der Waals surface area contributed by atoms with E-state index < -0.39 is 23.2 Å². The van der Waals surface area contributed by atoms with Gasteiger partial charge in [0.05, 0.1) is 7.11 Å². The van der Waals surface area contributed by atoms with Gasteiger partial charge >= 0.3 is 12.1 Å². The van der Waals surface area contributed by atoms with Crippen LogP contribution in [0.4, 0.5) is 4.79 Å². The monoisotopic (exact) mass is 243 g/mol. The van der Waals surface area contributed by atoms with Crippen molar-refractivity contribution in [2.45, 2.75) is 51.7 Å². The predicted molar refractivity (Wildman–Crippen MR) is 62.5 cm³/mol. The molecule has 0 unspecified atom stereocenters. The third-order valence-corrected chi connectivity index (χ3v) is 2.87. The number of amides is 1. The zero-order chi connectivity index (χ0) is 13.3. The van der Waals surface area contributed by atoms with Gasteiger partial charge in [0.25, 0.3) is 0 Å². The highest BCUT2D eigenvalue weighted by Crippen LogP contribution is 2.46. The molecule has 5 nitrogen and oxygen atoms in total. The summed E-state index contributed by atoms with van der Waals surface area (Å²) >= 11 is 0. The molecular weight excluding hydrogens is 222 g/mol. The van der Waals surface area contributed by atoms with Crippen LogP contribution in [0.1, 0.15) is 40.5 Å². The molecule has 1 aliphatic carbocycles. The Labute approximate surface area is 102 Å². The summed E-state index contributed by atoms with van der Waals surface area (Å²) in [6.07, 6.45) is 0.874. The van der Waals surface area contributed by atoms with E-state index in [1.165, 1.54) is 7.11 Å². The SMILES string of the molecule is CC[C@H]1C[C@]1(NC(=O)OC(C)(C)C)C(=O)OC. The third kappa shape index (κ3) is 3.11. The predicted octanol–water partition coefficient (Wildman–Crippen LogP) is 1.85. The number of carbonyl (C=O) groups is 2. The minimum Gasteiger partial charge on any atom is -0.467 e. The van der Waals surface area contributed by atoms with Crippen molar-refractivity contribution in [3.05, 3.63) is 0 Å². The molecule has 1 aliphatic rings. The molecule has 0 radical (unpaired) electrons. The minimum atomic E-state index is -0.869. The van der Waals surface area contributed by atoms with Crippen molar-refractivity contribution in [2.75, 3.05) is 7.11 Å². The van der Waals surface area contributed by atoms with Gasteiger partial charge in [0.2, 0.25) is 0 Å². The Balaban J connectivity index is 2.64. The number of ether oxygens (including phenoxy) is 2. The fourth-order valence-corrected chi connectivity index (χ4v) is 1.94.